The normalized spacial score (nSPS) is 59.0. The molecule has 1 nitrogen and oxygen atoms in total. The fourth-order valence-corrected chi connectivity index (χ4v) is 6.70. The first-order chi connectivity index (χ1) is 8.64. The van der Waals surface area contributed by atoms with Crippen LogP contribution in [0.4, 0.5) is 0 Å². The molecule has 5 saturated carbocycles. The molecular weight excluding hydrogens is 220 g/mol. The Morgan fingerprint density at radius 3 is 1.89 bits per heavy atom. The molecule has 1 heteroatoms. The largest absolute Gasteiger partial charge is 0.393 e. The summed E-state index contributed by atoms with van der Waals surface area (Å²) in [6, 6.07) is 0. The third-order valence-electron chi connectivity index (χ3n) is 6.95. The first kappa shape index (κ1) is 11.8. The molecule has 18 heavy (non-hydrogen) atoms. The van der Waals surface area contributed by atoms with E-state index in [0.717, 1.165) is 30.1 Å². The molecule has 1 N–H and O–H groups in total. The average molecular weight is 248 g/mol. The Hall–Kier alpha value is -0.0400. The molecular formula is C17H28O. The van der Waals surface area contributed by atoms with Crippen LogP contribution < -0.4 is 0 Å². The zero-order valence-corrected chi connectivity index (χ0v) is 11.8. The van der Waals surface area contributed by atoms with Crippen LogP contribution >= 0.6 is 0 Å². The van der Waals surface area contributed by atoms with Gasteiger partial charge in [-0.1, -0.05) is 13.3 Å². The van der Waals surface area contributed by atoms with Gasteiger partial charge in [-0.2, -0.15) is 0 Å². The van der Waals surface area contributed by atoms with Crippen molar-refractivity contribution in [3.8, 4) is 0 Å². The van der Waals surface area contributed by atoms with Crippen molar-refractivity contribution in [3.63, 3.8) is 0 Å². The average Bonchev–Trinajstić information content (AvgIpc) is 2.26. The molecule has 5 fully saturated rings. The molecule has 0 radical (unpaired) electrons. The standard InChI is InChI=1S/C17H28O/c1-11-2-3-15(16(18)4-11)17-8-12-5-13(9-17)7-14(6-12)10-17/h11-16,18H,2-10H2,1H3/t11-,12?,13?,14?,15-,16-,17?/m1/s1. The molecule has 4 bridgehead atoms. The van der Waals surface area contributed by atoms with Crippen LogP contribution in [-0.2, 0) is 0 Å². The van der Waals surface area contributed by atoms with E-state index >= 15 is 0 Å². The molecule has 5 aliphatic rings. The molecule has 0 spiro atoms. The lowest BCUT2D eigenvalue weighted by molar-refractivity contribution is -0.131. The minimum Gasteiger partial charge on any atom is -0.393 e. The predicted molar refractivity (Wildman–Crippen MR) is 73.1 cm³/mol. The van der Waals surface area contributed by atoms with Gasteiger partial charge in [0.15, 0.2) is 0 Å². The summed E-state index contributed by atoms with van der Waals surface area (Å²) in [5, 5.41) is 10.6. The Morgan fingerprint density at radius 1 is 0.833 bits per heavy atom. The highest BCUT2D eigenvalue weighted by atomic mass is 16.3. The molecule has 3 atom stereocenters. The zero-order valence-electron chi connectivity index (χ0n) is 11.8. The van der Waals surface area contributed by atoms with Crippen molar-refractivity contribution in [2.45, 2.75) is 70.8 Å². The van der Waals surface area contributed by atoms with Gasteiger partial charge in [-0.25, -0.2) is 0 Å². The van der Waals surface area contributed by atoms with Gasteiger partial charge in [-0.05, 0) is 86.4 Å². The van der Waals surface area contributed by atoms with Gasteiger partial charge >= 0.3 is 0 Å². The first-order valence-electron chi connectivity index (χ1n) is 8.33. The smallest absolute Gasteiger partial charge is 0.0576 e. The second-order valence-electron chi connectivity index (χ2n) is 8.37. The third-order valence-corrected chi connectivity index (χ3v) is 6.95. The van der Waals surface area contributed by atoms with Crippen LogP contribution in [-0.4, -0.2) is 11.2 Å². The zero-order chi connectivity index (χ0) is 12.3. The summed E-state index contributed by atoms with van der Waals surface area (Å²) in [7, 11) is 0. The van der Waals surface area contributed by atoms with E-state index in [9.17, 15) is 5.11 Å². The maximum absolute atomic E-state index is 10.6. The van der Waals surface area contributed by atoms with Crippen molar-refractivity contribution in [2.24, 2.45) is 35.0 Å². The topological polar surface area (TPSA) is 20.2 Å². The number of aliphatic hydroxyl groups excluding tert-OH is 1. The third kappa shape index (κ3) is 1.69. The molecule has 102 valence electrons. The summed E-state index contributed by atoms with van der Waals surface area (Å²) in [6.07, 6.45) is 12.8. The fraction of sp³-hybridized carbons (Fsp3) is 1.00. The van der Waals surface area contributed by atoms with Crippen molar-refractivity contribution in [1.82, 2.24) is 0 Å². The van der Waals surface area contributed by atoms with Gasteiger partial charge in [0, 0.05) is 0 Å². The highest BCUT2D eigenvalue weighted by molar-refractivity contribution is 5.06. The lowest BCUT2D eigenvalue weighted by Crippen LogP contribution is -2.53. The van der Waals surface area contributed by atoms with Gasteiger partial charge in [0.25, 0.3) is 0 Å². The summed E-state index contributed by atoms with van der Waals surface area (Å²) in [6.45, 7) is 2.32. The second-order valence-corrected chi connectivity index (χ2v) is 8.37. The highest BCUT2D eigenvalue weighted by Gasteiger charge is 2.55. The highest BCUT2D eigenvalue weighted by Crippen LogP contribution is 2.64. The monoisotopic (exact) mass is 248 g/mol. The first-order valence-corrected chi connectivity index (χ1v) is 8.33. The van der Waals surface area contributed by atoms with Crippen molar-refractivity contribution in [2.75, 3.05) is 0 Å². The Labute approximate surface area is 111 Å². The molecule has 0 amide bonds. The summed E-state index contributed by atoms with van der Waals surface area (Å²) in [4.78, 5) is 0. The van der Waals surface area contributed by atoms with E-state index in [0.29, 0.717) is 11.3 Å². The van der Waals surface area contributed by atoms with Crippen molar-refractivity contribution >= 4 is 0 Å². The van der Waals surface area contributed by atoms with Crippen LogP contribution in [0.1, 0.15) is 64.7 Å². The van der Waals surface area contributed by atoms with Crippen LogP contribution in [0.3, 0.4) is 0 Å². The van der Waals surface area contributed by atoms with E-state index in [-0.39, 0.29) is 6.10 Å². The van der Waals surface area contributed by atoms with E-state index in [2.05, 4.69) is 6.92 Å². The fourth-order valence-electron chi connectivity index (χ4n) is 6.70. The SMILES string of the molecule is C[C@@H]1CC[C@@H](C23CC4CC(CC(C4)C2)C3)[C@H](O)C1. The van der Waals surface area contributed by atoms with E-state index in [1.165, 1.54) is 51.4 Å². The van der Waals surface area contributed by atoms with Gasteiger partial charge in [-0.3, -0.25) is 0 Å². The Morgan fingerprint density at radius 2 is 1.39 bits per heavy atom. The van der Waals surface area contributed by atoms with Gasteiger partial charge in [0.2, 0.25) is 0 Å². The molecule has 5 rings (SSSR count). The lowest BCUT2D eigenvalue weighted by atomic mass is 9.45. The van der Waals surface area contributed by atoms with Crippen molar-refractivity contribution in [3.05, 3.63) is 0 Å². The Balaban J connectivity index is 1.59. The molecule has 0 unspecified atom stereocenters. The van der Waals surface area contributed by atoms with Gasteiger partial charge in [0.05, 0.1) is 6.10 Å². The summed E-state index contributed by atoms with van der Waals surface area (Å²) >= 11 is 0. The van der Waals surface area contributed by atoms with Gasteiger partial charge in [0.1, 0.15) is 0 Å². The van der Waals surface area contributed by atoms with Crippen LogP contribution in [0, 0.1) is 35.0 Å². The van der Waals surface area contributed by atoms with E-state index in [1.807, 2.05) is 0 Å². The molecule has 0 aromatic carbocycles. The van der Waals surface area contributed by atoms with Crippen LogP contribution in [0.5, 0.6) is 0 Å². The van der Waals surface area contributed by atoms with Crippen LogP contribution in [0.2, 0.25) is 0 Å². The number of hydrogen-bond acceptors (Lipinski definition) is 1. The molecule has 0 aromatic heterocycles. The minimum atomic E-state index is 0.0185. The number of aliphatic hydroxyl groups is 1. The molecule has 0 heterocycles. The van der Waals surface area contributed by atoms with Crippen molar-refractivity contribution in [1.29, 1.82) is 0 Å². The maximum atomic E-state index is 10.6. The summed E-state index contributed by atoms with van der Waals surface area (Å²) in [5.74, 6) is 4.50. The summed E-state index contributed by atoms with van der Waals surface area (Å²) < 4.78 is 0. The van der Waals surface area contributed by atoms with Crippen molar-refractivity contribution < 1.29 is 5.11 Å². The Kier molecular flexibility index (Phi) is 2.60. The number of rotatable bonds is 1. The van der Waals surface area contributed by atoms with Crippen LogP contribution in [0.15, 0.2) is 0 Å². The van der Waals surface area contributed by atoms with Gasteiger partial charge in [-0.15, -0.1) is 0 Å². The molecule has 5 aliphatic carbocycles. The van der Waals surface area contributed by atoms with E-state index in [4.69, 9.17) is 0 Å². The molecule has 0 aliphatic heterocycles. The number of hydrogen-bond donors (Lipinski definition) is 1. The van der Waals surface area contributed by atoms with Gasteiger partial charge < -0.3 is 5.11 Å². The van der Waals surface area contributed by atoms with E-state index < -0.39 is 0 Å². The van der Waals surface area contributed by atoms with E-state index in [1.54, 1.807) is 0 Å². The second kappa shape index (κ2) is 3.98. The molecule has 0 aromatic rings. The minimum absolute atomic E-state index is 0.0185. The molecule has 0 saturated heterocycles. The maximum Gasteiger partial charge on any atom is 0.0576 e. The quantitative estimate of drug-likeness (QED) is 0.743. The lowest BCUT2D eigenvalue weighted by Gasteiger charge is -2.61. The summed E-state index contributed by atoms with van der Waals surface area (Å²) in [5.41, 5.74) is 0.578. The van der Waals surface area contributed by atoms with Crippen LogP contribution in [0.25, 0.3) is 0 Å². The predicted octanol–water partition coefficient (Wildman–Crippen LogP) is 4.00. The Bertz CT molecular complexity index is 299.